The molecule has 0 unspecified atom stereocenters. The predicted octanol–water partition coefficient (Wildman–Crippen LogP) is 5.12. The van der Waals surface area contributed by atoms with E-state index >= 15 is 0 Å². The summed E-state index contributed by atoms with van der Waals surface area (Å²) in [4.78, 5) is 4.49. The third kappa shape index (κ3) is 3.68. The zero-order chi connectivity index (χ0) is 19.5. The van der Waals surface area contributed by atoms with Gasteiger partial charge in [-0.05, 0) is 36.6 Å². The van der Waals surface area contributed by atoms with Crippen LogP contribution < -0.4 is 5.32 Å². The second-order valence-electron chi connectivity index (χ2n) is 6.66. The minimum atomic E-state index is 0.135. The maximum absolute atomic E-state index is 9.00. The molecule has 138 valence electrons. The fourth-order valence-electron chi connectivity index (χ4n) is 3.18. The van der Waals surface area contributed by atoms with Crippen molar-refractivity contribution in [1.82, 2.24) is 14.8 Å². The van der Waals surface area contributed by atoms with Crippen molar-refractivity contribution < 1.29 is 0 Å². The van der Waals surface area contributed by atoms with Crippen LogP contribution in [0.4, 0.5) is 5.82 Å². The summed E-state index contributed by atoms with van der Waals surface area (Å²) in [7, 11) is 0. The lowest BCUT2D eigenvalue weighted by molar-refractivity contribution is 0.561. The van der Waals surface area contributed by atoms with Crippen LogP contribution in [-0.2, 0) is 6.54 Å². The van der Waals surface area contributed by atoms with E-state index in [2.05, 4.69) is 40.5 Å². The van der Waals surface area contributed by atoms with Gasteiger partial charge in [0.05, 0.1) is 22.8 Å². The van der Waals surface area contributed by atoms with Crippen molar-refractivity contribution in [2.75, 3.05) is 5.32 Å². The maximum Gasteiger partial charge on any atom is 0.134 e. The number of nitriles is 1. The molecule has 4 rings (SSSR count). The summed E-state index contributed by atoms with van der Waals surface area (Å²) in [5.41, 5.74) is 2.17. The molecule has 0 saturated heterocycles. The summed E-state index contributed by atoms with van der Waals surface area (Å²) in [6.07, 6.45) is 3.76. The highest BCUT2D eigenvalue weighted by molar-refractivity contribution is 6.32. The number of rotatable bonds is 5. The molecule has 2 heterocycles. The van der Waals surface area contributed by atoms with E-state index < -0.39 is 0 Å². The Bertz CT molecular complexity index is 1170. The van der Waals surface area contributed by atoms with Gasteiger partial charge in [-0.3, -0.25) is 4.68 Å². The normalized spacial score (nSPS) is 11.9. The Kier molecular flexibility index (Phi) is 4.96. The van der Waals surface area contributed by atoms with Gasteiger partial charge in [-0.1, -0.05) is 41.9 Å². The molecule has 2 aromatic heterocycles. The van der Waals surface area contributed by atoms with Crippen LogP contribution in [0.2, 0.25) is 5.02 Å². The Morgan fingerprint density at radius 1 is 1.18 bits per heavy atom. The number of benzene rings is 2. The largest absolute Gasteiger partial charge is 0.365 e. The minimum absolute atomic E-state index is 0.135. The highest BCUT2D eigenvalue weighted by Crippen LogP contribution is 2.24. The lowest BCUT2D eigenvalue weighted by Crippen LogP contribution is -2.23. The highest BCUT2D eigenvalue weighted by atomic mass is 35.5. The molecule has 0 fully saturated rings. The number of halogens is 1. The first-order chi connectivity index (χ1) is 13.6. The Balaban J connectivity index is 1.49. The van der Waals surface area contributed by atoms with Gasteiger partial charge in [0.1, 0.15) is 11.9 Å². The zero-order valence-electron chi connectivity index (χ0n) is 15.3. The summed E-state index contributed by atoms with van der Waals surface area (Å²) >= 11 is 6.13. The van der Waals surface area contributed by atoms with Gasteiger partial charge in [0.15, 0.2) is 0 Å². The molecule has 0 amide bonds. The summed E-state index contributed by atoms with van der Waals surface area (Å²) in [5.74, 6) is 0.872. The van der Waals surface area contributed by atoms with Crippen molar-refractivity contribution in [2.45, 2.75) is 19.5 Å². The van der Waals surface area contributed by atoms with E-state index in [1.54, 1.807) is 12.1 Å². The van der Waals surface area contributed by atoms with E-state index in [0.717, 1.165) is 27.8 Å². The Morgan fingerprint density at radius 3 is 2.86 bits per heavy atom. The van der Waals surface area contributed by atoms with Crippen molar-refractivity contribution >= 4 is 28.2 Å². The molecule has 1 N–H and O–H groups in total. The first-order valence-corrected chi connectivity index (χ1v) is 9.35. The van der Waals surface area contributed by atoms with Crippen LogP contribution in [0.5, 0.6) is 0 Å². The summed E-state index contributed by atoms with van der Waals surface area (Å²) in [6, 6.07) is 19.7. The second-order valence-corrected chi connectivity index (χ2v) is 7.06. The third-order valence-electron chi connectivity index (χ3n) is 4.54. The fourth-order valence-corrected chi connectivity index (χ4v) is 3.40. The van der Waals surface area contributed by atoms with Gasteiger partial charge < -0.3 is 5.32 Å². The van der Waals surface area contributed by atoms with E-state index in [9.17, 15) is 0 Å². The number of nitrogens with zero attached hydrogens (tertiary/aromatic N) is 4. The molecule has 1 atom stereocenters. The second kappa shape index (κ2) is 7.71. The molecule has 0 aliphatic carbocycles. The Morgan fingerprint density at radius 2 is 2.04 bits per heavy atom. The van der Waals surface area contributed by atoms with Crippen LogP contribution in [0.25, 0.3) is 22.0 Å². The molecule has 2 aromatic carbocycles. The first kappa shape index (κ1) is 18.0. The van der Waals surface area contributed by atoms with Gasteiger partial charge in [-0.25, -0.2) is 4.98 Å². The summed E-state index contributed by atoms with van der Waals surface area (Å²) in [5, 5.41) is 19.8. The topological polar surface area (TPSA) is 66.5 Å². The van der Waals surface area contributed by atoms with Crippen molar-refractivity contribution in [2.24, 2.45) is 0 Å². The molecule has 28 heavy (non-hydrogen) atoms. The van der Waals surface area contributed by atoms with Crippen LogP contribution >= 0.6 is 11.6 Å². The molecule has 0 aliphatic rings. The molecule has 0 radical (unpaired) electrons. The van der Waals surface area contributed by atoms with Gasteiger partial charge in [-0.2, -0.15) is 10.4 Å². The molecule has 0 spiro atoms. The summed E-state index contributed by atoms with van der Waals surface area (Å²) in [6.45, 7) is 2.79. The molecule has 0 aliphatic heterocycles. The Hall–Kier alpha value is -3.36. The first-order valence-electron chi connectivity index (χ1n) is 8.98. The number of fused-ring (bicyclic) bond motifs is 1. The standard InChI is InChI=1S/C22H18ClN5/c1-15(26-22-19-5-3-2-4-16(19)8-10-25-22)14-28-11-9-21(27-28)17-6-7-18(13-24)20(23)12-17/h2-12,15H,14H2,1H3,(H,25,26)/t15-/m0/s1. The number of pyridine rings is 1. The van der Waals surface area contributed by atoms with Crippen molar-refractivity contribution in [3.63, 3.8) is 0 Å². The van der Waals surface area contributed by atoms with E-state index in [0.29, 0.717) is 17.1 Å². The number of nitrogens with one attached hydrogen (secondary N) is 1. The number of anilines is 1. The lowest BCUT2D eigenvalue weighted by atomic mass is 10.1. The molecular weight excluding hydrogens is 370 g/mol. The monoisotopic (exact) mass is 387 g/mol. The highest BCUT2D eigenvalue weighted by Gasteiger charge is 2.10. The van der Waals surface area contributed by atoms with Crippen molar-refractivity contribution in [1.29, 1.82) is 5.26 Å². The van der Waals surface area contributed by atoms with E-state index in [1.165, 1.54) is 0 Å². The molecule has 4 aromatic rings. The average Bonchev–Trinajstić information content (AvgIpc) is 3.16. The summed E-state index contributed by atoms with van der Waals surface area (Å²) < 4.78 is 1.89. The van der Waals surface area contributed by atoms with E-state index in [1.807, 2.05) is 47.4 Å². The zero-order valence-corrected chi connectivity index (χ0v) is 16.1. The SMILES string of the molecule is C[C@@H](Cn1ccc(-c2ccc(C#N)c(Cl)c2)n1)Nc1nccc2ccccc12. The molecule has 0 bridgehead atoms. The van der Waals surface area contributed by atoms with E-state index in [4.69, 9.17) is 16.9 Å². The quantitative estimate of drug-likeness (QED) is 0.515. The van der Waals surface area contributed by atoms with Crippen LogP contribution in [0.3, 0.4) is 0 Å². The molecule has 0 saturated carbocycles. The fraction of sp³-hybridized carbons (Fsp3) is 0.136. The van der Waals surface area contributed by atoms with Crippen LogP contribution in [-0.4, -0.2) is 20.8 Å². The average molecular weight is 388 g/mol. The molecular formula is C22H18ClN5. The Labute approximate surface area is 168 Å². The number of aromatic nitrogens is 3. The smallest absolute Gasteiger partial charge is 0.134 e. The van der Waals surface area contributed by atoms with Gasteiger partial charge in [0.2, 0.25) is 0 Å². The minimum Gasteiger partial charge on any atom is -0.365 e. The van der Waals surface area contributed by atoms with Crippen LogP contribution in [0.1, 0.15) is 12.5 Å². The lowest BCUT2D eigenvalue weighted by Gasteiger charge is -2.16. The maximum atomic E-state index is 9.00. The van der Waals surface area contributed by atoms with E-state index in [-0.39, 0.29) is 6.04 Å². The number of hydrogen-bond donors (Lipinski definition) is 1. The molecule has 6 heteroatoms. The van der Waals surface area contributed by atoms with Crippen molar-refractivity contribution in [3.8, 4) is 17.3 Å². The van der Waals surface area contributed by atoms with Gasteiger partial charge >= 0.3 is 0 Å². The van der Waals surface area contributed by atoms with Gasteiger partial charge in [-0.15, -0.1) is 0 Å². The number of hydrogen-bond acceptors (Lipinski definition) is 4. The predicted molar refractivity (Wildman–Crippen MR) is 112 cm³/mol. The van der Waals surface area contributed by atoms with Crippen LogP contribution in [0, 0.1) is 11.3 Å². The van der Waals surface area contributed by atoms with Gasteiger partial charge in [0, 0.05) is 29.4 Å². The van der Waals surface area contributed by atoms with Crippen molar-refractivity contribution in [3.05, 3.63) is 77.6 Å². The molecule has 5 nitrogen and oxygen atoms in total. The van der Waals surface area contributed by atoms with Gasteiger partial charge in [0.25, 0.3) is 0 Å². The third-order valence-corrected chi connectivity index (χ3v) is 4.86. The van der Waals surface area contributed by atoms with Crippen LogP contribution in [0.15, 0.2) is 67.0 Å².